The van der Waals surface area contributed by atoms with E-state index in [9.17, 15) is 0 Å². The van der Waals surface area contributed by atoms with Crippen LogP contribution in [0.5, 0.6) is 5.75 Å². The third-order valence-corrected chi connectivity index (χ3v) is 2.00. The maximum absolute atomic E-state index is 5.74. The van der Waals surface area contributed by atoms with Crippen molar-refractivity contribution in [2.24, 2.45) is 0 Å². The molecule has 15 heavy (non-hydrogen) atoms. The van der Waals surface area contributed by atoms with Crippen molar-refractivity contribution in [3.8, 4) is 5.75 Å². The van der Waals surface area contributed by atoms with Crippen molar-refractivity contribution >= 4 is 11.6 Å². The monoisotopic (exact) mass is 224 g/mol. The van der Waals surface area contributed by atoms with Crippen LogP contribution in [0.3, 0.4) is 0 Å². The standard InChI is InChI=1S/C10H9ClN2O2/c1-7-12-10(15-13-7)6-14-9-4-2-8(11)3-5-9/h2-5H,6H2,1H3. The molecule has 0 fully saturated rings. The van der Waals surface area contributed by atoms with Gasteiger partial charge in [0.2, 0.25) is 0 Å². The molecule has 1 aromatic heterocycles. The molecular formula is C10H9ClN2O2. The highest BCUT2D eigenvalue weighted by Gasteiger charge is 2.03. The van der Waals surface area contributed by atoms with Crippen LogP contribution >= 0.6 is 11.6 Å². The fourth-order valence-corrected chi connectivity index (χ4v) is 1.20. The van der Waals surface area contributed by atoms with Gasteiger partial charge in [0.05, 0.1) is 0 Å². The van der Waals surface area contributed by atoms with E-state index in [2.05, 4.69) is 10.1 Å². The highest BCUT2D eigenvalue weighted by atomic mass is 35.5. The van der Waals surface area contributed by atoms with Crippen LogP contribution in [-0.2, 0) is 6.61 Å². The molecule has 0 spiro atoms. The van der Waals surface area contributed by atoms with Gasteiger partial charge >= 0.3 is 0 Å². The van der Waals surface area contributed by atoms with Crippen LogP contribution < -0.4 is 4.74 Å². The van der Waals surface area contributed by atoms with Crippen LogP contribution in [0, 0.1) is 6.92 Å². The molecule has 0 saturated carbocycles. The zero-order valence-electron chi connectivity index (χ0n) is 8.11. The Morgan fingerprint density at radius 3 is 2.67 bits per heavy atom. The largest absolute Gasteiger partial charge is 0.484 e. The Morgan fingerprint density at radius 1 is 1.33 bits per heavy atom. The van der Waals surface area contributed by atoms with Crippen molar-refractivity contribution in [3.05, 3.63) is 41.0 Å². The number of ether oxygens (including phenoxy) is 1. The van der Waals surface area contributed by atoms with Crippen LogP contribution in [0.2, 0.25) is 5.02 Å². The molecule has 2 rings (SSSR count). The summed E-state index contributed by atoms with van der Waals surface area (Å²) in [5.74, 6) is 1.78. The SMILES string of the molecule is Cc1noc(COc2ccc(Cl)cc2)n1. The van der Waals surface area contributed by atoms with Gasteiger partial charge in [-0.05, 0) is 31.2 Å². The van der Waals surface area contributed by atoms with Crippen molar-refractivity contribution < 1.29 is 9.26 Å². The predicted octanol–water partition coefficient (Wildman–Crippen LogP) is 2.61. The molecule has 1 aromatic carbocycles. The first-order valence-electron chi connectivity index (χ1n) is 4.41. The molecule has 2 aromatic rings. The van der Waals surface area contributed by atoms with E-state index < -0.39 is 0 Å². The minimum absolute atomic E-state index is 0.266. The van der Waals surface area contributed by atoms with Gasteiger partial charge in [0.25, 0.3) is 5.89 Å². The van der Waals surface area contributed by atoms with Gasteiger partial charge in [-0.25, -0.2) is 0 Å². The van der Waals surface area contributed by atoms with Crippen molar-refractivity contribution in [1.29, 1.82) is 0 Å². The van der Waals surface area contributed by atoms with Crippen molar-refractivity contribution in [2.75, 3.05) is 0 Å². The molecule has 4 nitrogen and oxygen atoms in total. The summed E-state index contributed by atoms with van der Waals surface area (Å²) in [6.07, 6.45) is 0. The van der Waals surface area contributed by atoms with Crippen molar-refractivity contribution in [1.82, 2.24) is 10.1 Å². The minimum atomic E-state index is 0.266. The van der Waals surface area contributed by atoms with E-state index in [1.165, 1.54) is 0 Å². The van der Waals surface area contributed by atoms with Gasteiger partial charge in [-0.2, -0.15) is 4.98 Å². The van der Waals surface area contributed by atoms with E-state index >= 15 is 0 Å². The lowest BCUT2D eigenvalue weighted by atomic mass is 10.3. The summed E-state index contributed by atoms with van der Waals surface area (Å²) in [5, 5.41) is 4.33. The van der Waals surface area contributed by atoms with Gasteiger partial charge in [-0.1, -0.05) is 16.8 Å². The summed E-state index contributed by atoms with van der Waals surface area (Å²) in [6.45, 7) is 2.03. The molecule has 0 N–H and O–H groups in total. The molecular weight excluding hydrogens is 216 g/mol. The van der Waals surface area contributed by atoms with E-state index in [4.69, 9.17) is 20.9 Å². The Kier molecular flexibility index (Phi) is 2.87. The number of hydrogen-bond acceptors (Lipinski definition) is 4. The Labute approximate surface area is 91.8 Å². The lowest BCUT2D eigenvalue weighted by Crippen LogP contribution is -1.95. The number of halogens is 1. The normalized spacial score (nSPS) is 10.3. The van der Waals surface area contributed by atoms with Gasteiger partial charge in [0, 0.05) is 5.02 Å². The van der Waals surface area contributed by atoms with E-state index in [1.807, 2.05) is 0 Å². The van der Waals surface area contributed by atoms with Crippen LogP contribution in [0.25, 0.3) is 0 Å². The topological polar surface area (TPSA) is 48.2 Å². The second kappa shape index (κ2) is 4.31. The highest BCUT2D eigenvalue weighted by Crippen LogP contribution is 2.16. The van der Waals surface area contributed by atoms with E-state index in [0.717, 1.165) is 5.75 Å². The summed E-state index contributed by atoms with van der Waals surface area (Å²) in [4.78, 5) is 4.01. The molecule has 0 unspecified atom stereocenters. The summed E-state index contributed by atoms with van der Waals surface area (Å²) in [5.41, 5.74) is 0. The van der Waals surface area contributed by atoms with Crippen LogP contribution in [0.15, 0.2) is 28.8 Å². The Balaban J connectivity index is 1.96. The Morgan fingerprint density at radius 2 is 2.07 bits per heavy atom. The molecule has 78 valence electrons. The van der Waals surface area contributed by atoms with Crippen LogP contribution in [0.1, 0.15) is 11.7 Å². The predicted molar refractivity (Wildman–Crippen MR) is 54.8 cm³/mol. The molecule has 0 aliphatic carbocycles. The molecule has 0 aliphatic heterocycles. The van der Waals surface area contributed by atoms with Crippen molar-refractivity contribution in [3.63, 3.8) is 0 Å². The summed E-state index contributed by atoms with van der Waals surface area (Å²) in [7, 11) is 0. The minimum Gasteiger partial charge on any atom is -0.484 e. The average molecular weight is 225 g/mol. The van der Waals surface area contributed by atoms with Crippen LogP contribution in [-0.4, -0.2) is 10.1 Å². The number of hydrogen-bond donors (Lipinski definition) is 0. The van der Waals surface area contributed by atoms with Crippen LogP contribution in [0.4, 0.5) is 0 Å². The molecule has 0 aliphatic rings. The van der Waals surface area contributed by atoms with Gasteiger partial charge in [-0.15, -0.1) is 0 Å². The third-order valence-electron chi connectivity index (χ3n) is 1.75. The second-order valence-corrected chi connectivity index (χ2v) is 3.41. The second-order valence-electron chi connectivity index (χ2n) is 2.98. The Hall–Kier alpha value is -1.55. The zero-order valence-corrected chi connectivity index (χ0v) is 8.86. The molecule has 0 atom stereocenters. The third kappa shape index (κ3) is 2.70. The first-order valence-corrected chi connectivity index (χ1v) is 4.79. The quantitative estimate of drug-likeness (QED) is 0.804. The fourth-order valence-electron chi connectivity index (χ4n) is 1.07. The summed E-state index contributed by atoms with van der Waals surface area (Å²) < 4.78 is 10.3. The fraction of sp³-hybridized carbons (Fsp3) is 0.200. The first-order chi connectivity index (χ1) is 7.24. The molecule has 5 heteroatoms. The van der Waals surface area contributed by atoms with E-state index in [0.29, 0.717) is 16.7 Å². The van der Waals surface area contributed by atoms with Gasteiger partial charge in [0.15, 0.2) is 12.4 Å². The summed E-state index contributed by atoms with van der Waals surface area (Å²) in [6, 6.07) is 7.09. The van der Waals surface area contributed by atoms with Gasteiger partial charge in [0.1, 0.15) is 5.75 Å². The molecule has 1 heterocycles. The Bertz CT molecular complexity index is 439. The molecule has 0 saturated heterocycles. The van der Waals surface area contributed by atoms with Gasteiger partial charge < -0.3 is 9.26 Å². The number of benzene rings is 1. The lowest BCUT2D eigenvalue weighted by Gasteiger charge is -2.01. The van der Waals surface area contributed by atoms with E-state index in [1.54, 1.807) is 31.2 Å². The van der Waals surface area contributed by atoms with E-state index in [-0.39, 0.29) is 6.61 Å². The maximum atomic E-state index is 5.74. The van der Waals surface area contributed by atoms with Gasteiger partial charge in [-0.3, -0.25) is 0 Å². The number of rotatable bonds is 3. The number of nitrogens with zero attached hydrogens (tertiary/aromatic N) is 2. The average Bonchev–Trinajstić information content (AvgIpc) is 2.64. The van der Waals surface area contributed by atoms with Crippen molar-refractivity contribution in [2.45, 2.75) is 13.5 Å². The number of aromatic nitrogens is 2. The zero-order chi connectivity index (χ0) is 10.7. The lowest BCUT2D eigenvalue weighted by molar-refractivity contribution is 0.242. The molecule has 0 bridgehead atoms. The first kappa shape index (κ1) is 9.98. The smallest absolute Gasteiger partial charge is 0.264 e. The molecule has 0 radical (unpaired) electrons. The number of aryl methyl sites for hydroxylation is 1. The summed E-state index contributed by atoms with van der Waals surface area (Å²) >= 11 is 5.74. The maximum Gasteiger partial charge on any atom is 0.264 e. The molecule has 0 amide bonds. The highest BCUT2D eigenvalue weighted by molar-refractivity contribution is 6.30.